The van der Waals surface area contributed by atoms with Crippen LogP contribution in [0.1, 0.15) is 30.5 Å². The van der Waals surface area contributed by atoms with Crippen LogP contribution in [0.25, 0.3) is 16.5 Å². The van der Waals surface area contributed by atoms with E-state index >= 15 is 0 Å². The molecule has 2 aromatic carbocycles. The Bertz CT molecular complexity index is 987. The van der Waals surface area contributed by atoms with Crippen molar-refractivity contribution in [3.8, 4) is 5.75 Å². The maximum Gasteiger partial charge on any atom is 0.244 e. The van der Waals surface area contributed by atoms with Crippen molar-refractivity contribution in [1.29, 1.82) is 0 Å². The first-order chi connectivity index (χ1) is 13.0. The van der Waals surface area contributed by atoms with Crippen molar-refractivity contribution >= 4 is 22.4 Å². The lowest BCUT2D eigenvalue weighted by Crippen LogP contribution is -2.20. The smallest absolute Gasteiger partial charge is 0.244 e. The Kier molecular flexibility index (Phi) is 5.60. The molecule has 5 heteroatoms. The summed E-state index contributed by atoms with van der Waals surface area (Å²) in [6, 6.07) is 9.88. The number of nitrogens with one attached hydrogen (secondary N) is 1. The molecule has 140 valence electrons. The Labute approximate surface area is 157 Å². The van der Waals surface area contributed by atoms with Gasteiger partial charge in [-0.3, -0.25) is 4.79 Å². The van der Waals surface area contributed by atoms with E-state index in [9.17, 15) is 9.18 Å². The molecule has 4 nitrogen and oxygen atoms in total. The lowest BCUT2D eigenvalue weighted by molar-refractivity contribution is -0.116. The van der Waals surface area contributed by atoms with E-state index in [4.69, 9.17) is 9.15 Å². The first-order valence-electron chi connectivity index (χ1n) is 8.83. The number of amides is 1. The minimum absolute atomic E-state index is 0.219. The number of ether oxygens (including phenoxy) is 1. The van der Waals surface area contributed by atoms with Crippen LogP contribution in [-0.4, -0.2) is 12.5 Å². The SMILES string of the molecule is CCOc1cc2occ(C)c2cc1/C(C)=C/C(=O)NCc1ccc(F)cc1. The summed E-state index contributed by atoms with van der Waals surface area (Å²) < 4.78 is 24.2. The lowest BCUT2D eigenvalue weighted by Gasteiger charge is -2.11. The fourth-order valence-corrected chi connectivity index (χ4v) is 2.88. The van der Waals surface area contributed by atoms with Crippen molar-refractivity contribution in [2.75, 3.05) is 6.61 Å². The number of aryl methyl sites for hydroxylation is 1. The summed E-state index contributed by atoms with van der Waals surface area (Å²) in [4.78, 5) is 12.3. The van der Waals surface area contributed by atoms with Crippen LogP contribution in [0.3, 0.4) is 0 Å². The van der Waals surface area contributed by atoms with Gasteiger partial charge in [-0.05, 0) is 55.7 Å². The molecule has 0 aliphatic heterocycles. The van der Waals surface area contributed by atoms with E-state index in [1.165, 1.54) is 12.1 Å². The summed E-state index contributed by atoms with van der Waals surface area (Å²) in [6.07, 6.45) is 3.25. The van der Waals surface area contributed by atoms with Crippen LogP contribution < -0.4 is 10.1 Å². The maximum atomic E-state index is 12.9. The van der Waals surface area contributed by atoms with Gasteiger partial charge in [-0.1, -0.05) is 12.1 Å². The Morgan fingerprint density at radius 2 is 2.00 bits per heavy atom. The second kappa shape index (κ2) is 8.08. The van der Waals surface area contributed by atoms with E-state index in [2.05, 4.69) is 5.32 Å². The number of carbonyl (C=O) groups excluding carboxylic acids is 1. The third-order valence-corrected chi connectivity index (χ3v) is 4.32. The predicted molar refractivity (Wildman–Crippen MR) is 104 cm³/mol. The van der Waals surface area contributed by atoms with E-state index in [0.717, 1.165) is 33.2 Å². The molecule has 0 fully saturated rings. The number of fused-ring (bicyclic) bond motifs is 1. The van der Waals surface area contributed by atoms with Crippen molar-refractivity contribution in [3.05, 3.63) is 71.2 Å². The number of benzene rings is 2. The lowest BCUT2D eigenvalue weighted by atomic mass is 10.0. The molecule has 0 unspecified atom stereocenters. The van der Waals surface area contributed by atoms with Crippen molar-refractivity contribution in [3.63, 3.8) is 0 Å². The topological polar surface area (TPSA) is 51.5 Å². The Morgan fingerprint density at radius 1 is 1.26 bits per heavy atom. The van der Waals surface area contributed by atoms with Gasteiger partial charge in [0, 0.05) is 29.6 Å². The zero-order valence-corrected chi connectivity index (χ0v) is 15.6. The van der Waals surface area contributed by atoms with Gasteiger partial charge in [0.1, 0.15) is 17.1 Å². The molecule has 1 N–H and O–H groups in total. The van der Waals surface area contributed by atoms with Gasteiger partial charge < -0.3 is 14.5 Å². The Balaban J connectivity index is 1.81. The summed E-state index contributed by atoms with van der Waals surface area (Å²) in [5.41, 5.74) is 4.26. The van der Waals surface area contributed by atoms with E-state index in [0.29, 0.717) is 18.9 Å². The van der Waals surface area contributed by atoms with Gasteiger partial charge >= 0.3 is 0 Å². The zero-order valence-electron chi connectivity index (χ0n) is 15.6. The molecule has 1 heterocycles. The molecule has 0 aliphatic rings. The number of carbonyl (C=O) groups is 1. The van der Waals surface area contributed by atoms with Crippen LogP contribution >= 0.6 is 0 Å². The predicted octanol–water partition coefficient (Wildman–Crippen LogP) is 5.00. The van der Waals surface area contributed by atoms with E-state index < -0.39 is 0 Å². The molecule has 0 spiro atoms. The van der Waals surface area contributed by atoms with Gasteiger partial charge in [-0.2, -0.15) is 0 Å². The molecule has 3 aromatic rings. The second-order valence-corrected chi connectivity index (χ2v) is 6.37. The van der Waals surface area contributed by atoms with Crippen LogP contribution in [-0.2, 0) is 11.3 Å². The van der Waals surface area contributed by atoms with Crippen molar-refractivity contribution in [2.24, 2.45) is 0 Å². The van der Waals surface area contributed by atoms with E-state index in [-0.39, 0.29) is 11.7 Å². The summed E-state index contributed by atoms with van der Waals surface area (Å²) in [5, 5.41) is 3.81. The number of hydrogen-bond acceptors (Lipinski definition) is 3. The Morgan fingerprint density at radius 3 is 2.70 bits per heavy atom. The minimum atomic E-state index is -0.297. The van der Waals surface area contributed by atoms with Gasteiger partial charge in [0.25, 0.3) is 0 Å². The maximum absolute atomic E-state index is 12.9. The fourth-order valence-electron chi connectivity index (χ4n) is 2.88. The molecular weight excluding hydrogens is 345 g/mol. The zero-order chi connectivity index (χ0) is 19.4. The normalized spacial score (nSPS) is 11.6. The summed E-state index contributed by atoms with van der Waals surface area (Å²) >= 11 is 0. The molecule has 0 aliphatic carbocycles. The van der Waals surface area contributed by atoms with Crippen LogP contribution in [0.15, 0.2) is 53.2 Å². The van der Waals surface area contributed by atoms with Crippen LogP contribution in [0.2, 0.25) is 0 Å². The molecule has 1 amide bonds. The fraction of sp³-hybridized carbons (Fsp3) is 0.227. The van der Waals surface area contributed by atoms with Gasteiger partial charge in [0.05, 0.1) is 12.9 Å². The highest BCUT2D eigenvalue weighted by Gasteiger charge is 2.13. The highest BCUT2D eigenvalue weighted by molar-refractivity contribution is 5.97. The molecule has 0 saturated carbocycles. The molecular formula is C22H22FNO3. The number of furan rings is 1. The first kappa shape index (κ1) is 18.7. The quantitative estimate of drug-likeness (QED) is 0.624. The Hall–Kier alpha value is -3.08. The average Bonchev–Trinajstić information content (AvgIpc) is 3.01. The van der Waals surface area contributed by atoms with Crippen molar-refractivity contribution < 1.29 is 18.3 Å². The first-order valence-corrected chi connectivity index (χ1v) is 8.83. The van der Waals surface area contributed by atoms with E-state index in [1.807, 2.05) is 32.9 Å². The summed E-state index contributed by atoms with van der Waals surface area (Å²) in [7, 11) is 0. The average molecular weight is 367 g/mol. The number of halogens is 1. The molecule has 0 atom stereocenters. The van der Waals surface area contributed by atoms with Gasteiger partial charge in [-0.25, -0.2) is 4.39 Å². The summed E-state index contributed by atoms with van der Waals surface area (Å²) in [6.45, 7) is 6.61. The van der Waals surface area contributed by atoms with Crippen molar-refractivity contribution in [1.82, 2.24) is 5.32 Å². The molecule has 1 aromatic heterocycles. The van der Waals surface area contributed by atoms with Gasteiger partial charge in [0.15, 0.2) is 0 Å². The standard InChI is InChI=1S/C22H22FNO3/c1-4-26-20-11-21-19(15(3)13-27-21)10-18(20)14(2)9-22(25)24-12-16-5-7-17(23)8-6-16/h5-11,13H,4,12H2,1-3H3,(H,24,25)/b14-9+. The van der Waals surface area contributed by atoms with Gasteiger partial charge in [-0.15, -0.1) is 0 Å². The molecule has 0 saturated heterocycles. The van der Waals surface area contributed by atoms with Crippen LogP contribution in [0.5, 0.6) is 5.75 Å². The largest absolute Gasteiger partial charge is 0.493 e. The number of allylic oxidation sites excluding steroid dienone is 1. The monoisotopic (exact) mass is 367 g/mol. The number of hydrogen-bond donors (Lipinski definition) is 1. The van der Waals surface area contributed by atoms with Crippen LogP contribution in [0, 0.1) is 12.7 Å². The molecule has 0 radical (unpaired) electrons. The summed E-state index contributed by atoms with van der Waals surface area (Å²) in [5.74, 6) is 0.164. The van der Waals surface area contributed by atoms with Crippen molar-refractivity contribution in [2.45, 2.75) is 27.3 Å². The van der Waals surface area contributed by atoms with Gasteiger partial charge in [0.2, 0.25) is 5.91 Å². The molecule has 0 bridgehead atoms. The van der Waals surface area contributed by atoms with Crippen LogP contribution in [0.4, 0.5) is 4.39 Å². The number of rotatable bonds is 6. The molecule has 3 rings (SSSR count). The highest BCUT2D eigenvalue weighted by atomic mass is 19.1. The third-order valence-electron chi connectivity index (χ3n) is 4.32. The minimum Gasteiger partial charge on any atom is -0.493 e. The second-order valence-electron chi connectivity index (χ2n) is 6.37. The highest BCUT2D eigenvalue weighted by Crippen LogP contribution is 2.33. The van der Waals surface area contributed by atoms with E-state index in [1.54, 1.807) is 24.5 Å². The third kappa shape index (κ3) is 4.37. The molecule has 27 heavy (non-hydrogen) atoms.